The number of fused-ring (bicyclic) bond motifs is 2. The molecule has 2 aromatic carbocycles. The molecule has 2 aromatic rings. The third kappa shape index (κ3) is 6.78. The monoisotopic (exact) mass is 587 g/mol. The fourth-order valence-electron chi connectivity index (χ4n) is 5.60. The number of hydrogen-bond acceptors (Lipinski definition) is 6. The average molecular weight is 588 g/mol. The fraction of sp³-hybridized carbons (Fsp3) is 0.444. The minimum absolute atomic E-state index is 0.133. The molecule has 230 valence electrons. The molecule has 0 amide bonds. The maximum absolute atomic E-state index is 12.6. The second kappa shape index (κ2) is 14.2. The molecule has 0 spiro atoms. The fourth-order valence-corrected chi connectivity index (χ4v) is 5.60. The molecule has 1 unspecified atom stereocenters. The van der Waals surface area contributed by atoms with Crippen LogP contribution in [-0.4, -0.2) is 44.0 Å². The van der Waals surface area contributed by atoms with Crippen LogP contribution in [0.25, 0.3) is 33.4 Å². The predicted molar refractivity (Wildman–Crippen MR) is 174 cm³/mol. The normalized spacial score (nSPS) is 12.5. The van der Waals surface area contributed by atoms with Crippen LogP contribution in [0.4, 0.5) is 5.69 Å². The molecule has 7 heteroatoms. The predicted octanol–water partition coefficient (Wildman–Crippen LogP) is 7.76. The Morgan fingerprint density at radius 2 is 1.67 bits per heavy atom. The van der Waals surface area contributed by atoms with Crippen molar-refractivity contribution >= 4 is 22.6 Å². The third-order valence-electron chi connectivity index (χ3n) is 8.70. The highest BCUT2D eigenvalue weighted by Crippen LogP contribution is 2.43. The van der Waals surface area contributed by atoms with Crippen LogP contribution in [0.2, 0.25) is 0 Å². The van der Waals surface area contributed by atoms with Gasteiger partial charge in [0.2, 0.25) is 5.36 Å². The maximum atomic E-state index is 12.6. The van der Waals surface area contributed by atoms with Crippen LogP contribution >= 0.6 is 0 Å². The first-order chi connectivity index (χ1) is 20.7. The lowest BCUT2D eigenvalue weighted by Gasteiger charge is -2.24. The summed E-state index contributed by atoms with van der Waals surface area (Å²) in [5, 5.41) is 12.2. The number of hydrogen-bond donors (Lipinski definition) is 1. The third-order valence-corrected chi connectivity index (χ3v) is 8.70. The molecule has 2 aliphatic rings. The van der Waals surface area contributed by atoms with Crippen molar-refractivity contribution in [2.45, 2.75) is 67.4 Å². The molecular formula is C36H47N2O5+. The van der Waals surface area contributed by atoms with E-state index in [9.17, 15) is 10.1 Å². The summed E-state index contributed by atoms with van der Waals surface area (Å²) in [5.41, 5.74) is 5.05. The Kier molecular flexibility index (Phi) is 10.6. The van der Waals surface area contributed by atoms with E-state index in [-0.39, 0.29) is 12.6 Å². The van der Waals surface area contributed by atoms with Crippen LogP contribution in [-0.2, 0) is 14.4 Å². The van der Waals surface area contributed by atoms with Crippen LogP contribution in [0.3, 0.4) is 0 Å². The summed E-state index contributed by atoms with van der Waals surface area (Å²) in [6.07, 6.45) is 0.297. The molecule has 0 radical (unpaired) electrons. The van der Waals surface area contributed by atoms with Gasteiger partial charge in [0.25, 0.3) is 0 Å². The highest BCUT2D eigenvalue weighted by atomic mass is 17.1. The van der Waals surface area contributed by atoms with Crippen molar-refractivity contribution in [2.24, 2.45) is 5.41 Å². The zero-order chi connectivity index (χ0) is 31.1. The first-order valence-corrected chi connectivity index (χ1v) is 15.6. The minimum atomic E-state index is -0.694. The second-order valence-electron chi connectivity index (χ2n) is 11.5. The van der Waals surface area contributed by atoms with E-state index in [0.717, 1.165) is 76.2 Å². The van der Waals surface area contributed by atoms with E-state index in [1.165, 1.54) is 0 Å². The van der Waals surface area contributed by atoms with E-state index in [2.05, 4.69) is 79.6 Å². The number of benzene rings is 3. The van der Waals surface area contributed by atoms with Crippen molar-refractivity contribution in [3.05, 3.63) is 71.6 Å². The molecule has 43 heavy (non-hydrogen) atoms. The Labute approximate surface area is 255 Å². The van der Waals surface area contributed by atoms with Gasteiger partial charge in [-0.05, 0) is 77.3 Å². The van der Waals surface area contributed by atoms with Gasteiger partial charge in [-0.3, -0.25) is 10.1 Å². The zero-order valence-corrected chi connectivity index (χ0v) is 26.8. The Bertz CT molecular complexity index is 1580. The van der Waals surface area contributed by atoms with Crippen molar-refractivity contribution < 1.29 is 24.1 Å². The van der Waals surface area contributed by atoms with Gasteiger partial charge in [-0.1, -0.05) is 31.2 Å². The quantitative estimate of drug-likeness (QED) is 0.0566. The smallest absolute Gasteiger partial charge is 0.311 e. The zero-order valence-electron chi connectivity index (χ0n) is 26.8. The molecule has 4 rings (SSSR count). The van der Waals surface area contributed by atoms with Gasteiger partial charge in [-0.15, -0.1) is 0 Å². The van der Waals surface area contributed by atoms with Crippen molar-refractivity contribution in [3.8, 4) is 22.5 Å². The van der Waals surface area contributed by atoms with Crippen LogP contribution < -0.4 is 14.8 Å². The highest BCUT2D eigenvalue weighted by Gasteiger charge is 2.28. The van der Waals surface area contributed by atoms with Crippen LogP contribution in [0.15, 0.2) is 65.1 Å². The van der Waals surface area contributed by atoms with Crippen molar-refractivity contribution in [1.29, 1.82) is 0 Å². The van der Waals surface area contributed by atoms with Crippen LogP contribution in [0.5, 0.6) is 0 Å². The number of anilines is 1. The Morgan fingerprint density at radius 1 is 0.953 bits per heavy atom. The molecule has 1 N–H and O–H groups in total. The number of nitrogens with zero attached hydrogens (tertiary/aromatic N) is 2. The van der Waals surface area contributed by atoms with Crippen molar-refractivity contribution in [3.63, 3.8) is 0 Å². The van der Waals surface area contributed by atoms with Gasteiger partial charge in [-0.2, -0.15) is 0 Å². The lowest BCUT2D eigenvalue weighted by molar-refractivity contribution is -0.284. The Hall–Kier alpha value is -3.68. The summed E-state index contributed by atoms with van der Waals surface area (Å²) >= 11 is 0. The van der Waals surface area contributed by atoms with Gasteiger partial charge in [0.05, 0.1) is 18.1 Å². The molecule has 7 nitrogen and oxygen atoms in total. The summed E-state index contributed by atoms with van der Waals surface area (Å²) in [4.78, 5) is 19.9. The van der Waals surface area contributed by atoms with Gasteiger partial charge in [0, 0.05) is 53.8 Å². The second-order valence-corrected chi connectivity index (χ2v) is 11.5. The summed E-state index contributed by atoms with van der Waals surface area (Å²) in [6, 6.07) is 20.7. The van der Waals surface area contributed by atoms with E-state index >= 15 is 0 Å². The topological polar surface area (TPSA) is 75.2 Å². The molecule has 0 saturated heterocycles. The lowest BCUT2D eigenvalue weighted by Crippen LogP contribution is -2.29. The first-order valence-electron chi connectivity index (χ1n) is 15.6. The largest absolute Gasteiger partial charge is 0.465 e. The van der Waals surface area contributed by atoms with E-state index in [4.69, 9.17) is 14.0 Å². The first kappa shape index (κ1) is 32.2. The number of rotatable bonds is 13. The molecule has 0 fully saturated rings. The van der Waals surface area contributed by atoms with Crippen molar-refractivity contribution in [1.82, 2.24) is 4.58 Å². The Morgan fingerprint density at radius 3 is 2.33 bits per heavy atom. The average Bonchev–Trinajstić information content (AvgIpc) is 3.03. The van der Waals surface area contributed by atoms with Gasteiger partial charge in [-0.25, -0.2) is 9.46 Å². The molecule has 1 aliphatic heterocycles. The number of carbonyl (C=O) groups is 1. The molecule has 0 saturated carbocycles. The lowest BCUT2D eigenvalue weighted by atomic mass is 9.88. The number of esters is 1. The summed E-state index contributed by atoms with van der Waals surface area (Å²) < 4.78 is 14.5. The standard InChI is InChI=1S/C36H46N2O5/c1-8-36(6,7)35(39)41-22-21-31(43-40)27-15-13-14-16-28(27)34-29-19-17-25(37(9-2)10-3)23-32(29)42-33-24-26(18-20-30(33)34)38(11-4)12-5/h13-20,23-24,31H,8-12,21-22H2,1-7H3/p+1. The van der Waals surface area contributed by atoms with E-state index in [0.29, 0.717) is 12.8 Å². The van der Waals surface area contributed by atoms with Gasteiger partial charge in [0.15, 0.2) is 0 Å². The van der Waals surface area contributed by atoms with Gasteiger partial charge in [0.1, 0.15) is 30.5 Å². The molecule has 1 atom stereocenters. The maximum Gasteiger partial charge on any atom is 0.311 e. The van der Waals surface area contributed by atoms with Crippen LogP contribution in [0, 0.1) is 5.41 Å². The highest BCUT2D eigenvalue weighted by molar-refractivity contribution is 6.03. The van der Waals surface area contributed by atoms with Crippen molar-refractivity contribution in [2.75, 3.05) is 37.7 Å². The van der Waals surface area contributed by atoms with E-state index < -0.39 is 11.5 Å². The van der Waals surface area contributed by atoms with Gasteiger partial charge >= 0.3 is 5.97 Å². The van der Waals surface area contributed by atoms with Crippen LogP contribution in [0.1, 0.15) is 73.0 Å². The molecule has 0 aromatic heterocycles. The SMILES string of the molecule is CCN(CC)c1ccc2c(-c3ccccc3C(CCOC(=O)C(C)(C)CC)OO)c3ccc(=[N+](CC)CC)cc-3oc2c1. The molecule has 1 aliphatic carbocycles. The summed E-state index contributed by atoms with van der Waals surface area (Å²) in [5.74, 6) is 0.533. The molecule has 0 bridgehead atoms. The number of ether oxygens (including phenoxy) is 1. The van der Waals surface area contributed by atoms with Gasteiger partial charge < -0.3 is 14.1 Å². The summed E-state index contributed by atoms with van der Waals surface area (Å²) in [6.45, 7) is 18.0. The molecular weight excluding hydrogens is 540 g/mol. The number of carbonyl (C=O) groups excluding carboxylic acids is 1. The van der Waals surface area contributed by atoms with E-state index in [1.54, 1.807) is 0 Å². The van der Waals surface area contributed by atoms with E-state index in [1.807, 2.05) is 39.0 Å². The Balaban J connectivity index is 1.90. The molecule has 1 heterocycles. The minimum Gasteiger partial charge on any atom is -0.465 e. The summed E-state index contributed by atoms with van der Waals surface area (Å²) in [7, 11) is 0.